The first kappa shape index (κ1) is 12.0. The molecule has 0 saturated carbocycles. The number of benzene rings is 1. The molecule has 0 amide bonds. The number of hydrogen-bond acceptors (Lipinski definition) is 4. The van der Waals surface area contributed by atoms with Crippen molar-refractivity contribution < 1.29 is 4.42 Å². The Kier molecular flexibility index (Phi) is 2.64. The van der Waals surface area contributed by atoms with E-state index in [0.29, 0.717) is 0 Å². The van der Waals surface area contributed by atoms with Gasteiger partial charge in [-0.15, -0.1) is 0 Å². The molecule has 0 unspecified atom stereocenters. The molecule has 104 valence electrons. The maximum Gasteiger partial charge on any atom is 0.226 e. The van der Waals surface area contributed by atoms with Crippen LogP contribution in [0.15, 0.2) is 59.5 Å². The molecular formula is C16H14N4O. The number of allylic oxidation sites excluding steroid dienone is 1. The van der Waals surface area contributed by atoms with E-state index >= 15 is 0 Å². The van der Waals surface area contributed by atoms with Crippen molar-refractivity contribution in [2.75, 3.05) is 5.32 Å². The summed E-state index contributed by atoms with van der Waals surface area (Å²) in [5.41, 5.74) is 3.31. The molecule has 1 atom stereocenters. The molecule has 5 heteroatoms. The number of nitrogens with one attached hydrogen (secondary N) is 1. The zero-order valence-corrected chi connectivity index (χ0v) is 11.5. The molecule has 2 aromatic heterocycles. The third-order valence-electron chi connectivity index (χ3n) is 3.61. The molecule has 3 aromatic rings. The van der Waals surface area contributed by atoms with Crippen LogP contribution in [-0.4, -0.2) is 14.8 Å². The van der Waals surface area contributed by atoms with Crippen molar-refractivity contribution >= 4 is 11.6 Å². The maximum absolute atomic E-state index is 5.48. The van der Waals surface area contributed by atoms with Crippen molar-refractivity contribution in [3.05, 3.63) is 72.0 Å². The van der Waals surface area contributed by atoms with Crippen LogP contribution in [0.1, 0.15) is 22.9 Å². The van der Waals surface area contributed by atoms with Crippen molar-refractivity contribution in [3.63, 3.8) is 0 Å². The van der Waals surface area contributed by atoms with Crippen molar-refractivity contribution in [1.29, 1.82) is 0 Å². The fraction of sp³-hybridized carbons (Fsp3) is 0.125. The van der Waals surface area contributed by atoms with Crippen LogP contribution in [0.25, 0.3) is 5.70 Å². The van der Waals surface area contributed by atoms with Crippen molar-refractivity contribution in [1.82, 2.24) is 14.8 Å². The summed E-state index contributed by atoms with van der Waals surface area (Å²) in [6.45, 7) is 2.08. The second kappa shape index (κ2) is 4.63. The third-order valence-corrected chi connectivity index (χ3v) is 3.61. The molecule has 5 nitrogen and oxygen atoms in total. The van der Waals surface area contributed by atoms with E-state index in [1.165, 1.54) is 5.56 Å². The van der Waals surface area contributed by atoms with E-state index < -0.39 is 0 Å². The lowest BCUT2D eigenvalue weighted by Gasteiger charge is -2.23. The van der Waals surface area contributed by atoms with Crippen LogP contribution >= 0.6 is 0 Å². The minimum Gasteiger partial charge on any atom is -0.463 e. The summed E-state index contributed by atoms with van der Waals surface area (Å²) >= 11 is 0. The van der Waals surface area contributed by atoms with Gasteiger partial charge in [0, 0.05) is 0 Å². The molecule has 0 saturated heterocycles. The minimum absolute atomic E-state index is 0.00412. The van der Waals surface area contributed by atoms with Crippen molar-refractivity contribution in [2.24, 2.45) is 0 Å². The molecule has 3 heterocycles. The van der Waals surface area contributed by atoms with Crippen LogP contribution in [-0.2, 0) is 0 Å². The van der Waals surface area contributed by atoms with Gasteiger partial charge in [0.1, 0.15) is 18.1 Å². The van der Waals surface area contributed by atoms with E-state index in [2.05, 4.69) is 52.7 Å². The summed E-state index contributed by atoms with van der Waals surface area (Å²) in [5, 5.41) is 7.57. The largest absolute Gasteiger partial charge is 0.463 e. The average Bonchev–Trinajstić information content (AvgIpc) is 3.18. The molecule has 0 aliphatic carbocycles. The van der Waals surface area contributed by atoms with Gasteiger partial charge in [0.05, 0.1) is 12.0 Å². The average molecular weight is 278 g/mol. The number of fused-ring (bicyclic) bond motifs is 1. The normalized spacial score (nSPS) is 17.0. The lowest BCUT2D eigenvalue weighted by Crippen LogP contribution is -2.20. The second-order valence-corrected chi connectivity index (χ2v) is 5.07. The first-order valence-electron chi connectivity index (χ1n) is 6.80. The van der Waals surface area contributed by atoms with Crippen LogP contribution in [0.2, 0.25) is 0 Å². The van der Waals surface area contributed by atoms with Gasteiger partial charge < -0.3 is 9.73 Å². The van der Waals surface area contributed by atoms with Crippen LogP contribution in [0.4, 0.5) is 5.95 Å². The lowest BCUT2D eigenvalue weighted by molar-refractivity contribution is 0.547. The molecule has 0 fully saturated rings. The summed E-state index contributed by atoms with van der Waals surface area (Å²) in [6.07, 6.45) is 5.33. The van der Waals surface area contributed by atoms with Gasteiger partial charge >= 0.3 is 0 Å². The highest BCUT2D eigenvalue weighted by atomic mass is 16.3. The van der Waals surface area contributed by atoms with Gasteiger partial charge in [-0.1, -0.05) is 29.8 Å². The summed E-state index contributed by atoms with van der Waals surface area (Å²) in [7, 11) is 0. The Morgan fingerprint density at radius 1 is 1.19 bits per heavy atom. The molecule has 0 bridgehead atoms. The van der Waals surface area contributed by atoms with E-state index in [4.69, 9.17) is 4.42 Å². The Labute approximate surface area is 121 Å². The van der Waals surface area contributed by atoms with Gasteiger partial charge in [-0.2, -0.15) is 10.1 Å². The van der Waals surface area contributed by atoms with Gasteiger partial charge in [0.25, 0.3) is 0 Å². The van der Waals surface area contributed by atoms with E-state index in [1.807, 2.05) is 16.8 Å². The Morgan fingerprint density at radius 2 is 2.05 bits per heavy atom. The molecule has 1 aromatic carbocycles. The molecule has 4 rings (SSSR count). The zero-order valence-electron chi connectivity index (χ0n) is 11.5. The van der Waals surface area contributed by atoms with Crippen molar-refractivity contribution in [3.8, 4) is 0 Å². The monoisotopic (exact) mass is 278 g/mol. The highest BCUT2D eigenvalue weighted by Crippen LogP contribution is 2.31. The number of aryl methyl sites for hydroxylation is 1. The maximum atomic E-state index is 5.48. The zero-order chi connectivity index (χ0) is 14.2. The number of furan rings is 1. The topological polar surface area (TPSA) is 55.9 Å². The summed E-state index contributed by atoms with van der Waals surface area (Å²) < 4.78 is 7.35. The van der Waals surface area contributed by atoms with Crippen LogP contribution in [0, 0.1) is 6.92 Å². The quantitative estimate of drug-likeness (QED) is 0.782. The van der Waals surface area contributed by atoms with Gasteiger partial charge in [0.2, 0.25) is 5.95 Å². The predicted molar refractivity (Wildman–Crippen MR) is 79.6 cm³/mol. The highest BCUT2D eigenvalue weighted by molar-refractivity contribution is 5.74. The number of hydrogen-bond donors (Lipinski definition) is 1. The van der Waals surface area contributed by atoms with Gasteiger partial charge in [-0.3, -0.25) is 0 Å². The Balaban J connectivity index is 1.82. The smallest absolute Gasteiger partial charge is 0.226 e. The number of rotatable bonds is 2. The number of anilines is 1. The van der Waals surface area contributed by atoms with E-state index in [-0.39, 0.29) is 6.04 Å². The molecule has 21 heavy (non-hydrogen) atoms. The SMILES string of the molecule is Cc1ccc([C@H]2C=C(c3ccco3)Nc3ncnn32)cc1. The predicted octanol–water partition coefficient (Wildman–Crippen LogP) is 3.24. The van der Waals surface area contributed by atoms with Crippen LogP contribution in [0.3, 0.4) is 0 Å². The van der Waals surface area contributed by atoms with Crippen LogP contribution < -0.4 is 5.32 Å². The minimum atomic E-state index is 0.00412. The fourth-order valence-electron chi connectivity index (χ4n) is 2.51. The first-order chi connectivity index (χ1) is 10.3. The summed E-state index contributed by atoms with van der Waals surface area (Å²) in [6, 6.07) is 12.3. The highest BCUT2D eigenvalue weighted by Gasteiger charge is 2.24. The van der Waals surface area contributed by atoms with Crippen LogP contribution in [0.5, 0.6) is 0 Å². The van der Waals surface area contributed by atoms with E-state index in [0.717, 1.165) is 23.0 Å². The second-order valence-electron chi connectivity index (χ2n) is 5.07. The fourth-order valence-corrected chi connectivity index (χ4v) is 2.51. The van der Waals surface area contributed by atoms with Crippen molar-refractivity contribution in [2.45, 2.75) is 13.0 Å². The molecule has 0 spiro atoms. The summed E-state index contributed by atoms with van der Waals surface area (Å²) in [5.74, 6) is 1.51. The Hall–Kier alpha value is -2.82. The molecule has 1 aliphatic heterocycles. The summed E-state index contributed by atoms with van der Waals surface area (Å²) in [4.78, 5) is 4.27. The number of aromatic nitrogens is 3. The standard InChI is InChI=1S/C16H14N4O/c1-11-4-6-12(7-5-11)14-9-13(15-3-2-8-21-15)19-16-17-10-18-20(14)16/h2-10,14H,1H3,(H,17,18,19)/t14-/m1/s1. The number of nitrogens with zero attached hydrogens (tertiary/aromatic N) is 3. The lowest BCUT2D eigenvalue weighted by atomic mass is 10.0. The van der Waals surface area contributed by atoms with E-state index in [9.17, 15) is 0 Å². The van der Waals surface area contributed by atoms with Gasteiger partial charge in [0.15, 0.2) is 0 Å². The van der Waals surface area contributed by atoms with E-state index in [1.54, 1.807) is 12.6 Å². The molecule has 1 aliphatic rings. The third kappa shape index (κ3) is 2.03. The first-order valence-corrected chi connectivity index (χ1v) is 6.80. The van der Waals surface area contributed by atoms with Gasteiger partial charge in [-0.25, -0.2) is 4.68 Å². The Morgan fingerprint density at radius 3 is 2.81 bits per heavy atom. The molecule has 0 radical (unpaired) electrons. The van der Waals surface area contributed by atoms with Gasteiger partial charge in [-0.05, 0) is 30.7 Å². The molecular weight excluding hydrogens is 264 g/mol. The molecule has 1 N–H and O–H groups in total. The Bertz CT molecular complexity index is 784.